The molecule has 27 heavy (non-hydrogen) atoms. The van der Waals surface area contributed by atoms with Crippen LogP contribution >= 0.6 is 0 Å². The summed E-state index contributed by atoms with van der Waals surface area (Å²) in [5.41, 5.74) is 4.63. The van der Waals surface area contributed by atoms with Gasteiger partial charge in [0.05, 0.1) is 0 Å². The monoisotopic (exact) mass is 352 g/mol. The zero-order valence-corrected chi connectivity index (χ0v) is 15.4. The van der Waals surface area contributed by atoms with Gasteiger partial charge in [0.2, 0.25) is 5.69 Å². The fraction of sp³-hybridized carbons (Fsp3) is 0.0400. The van der Waals surface area contributed by atoms with E-state index in [0.29, 0.717) is 11.1 Å². The molecule has 2 nitrogen and oxygen atoms in total. The van der Waals surface area contributed by atoms with Gasteiger partial charge >= 0.3 is 0 Å². The molecular weight excluding hydrogens is 330 g/mol. The molecule has 0 fully saturated rings. The highest BCUT2D eigenvalue weighted by atomic mass is 16.1. The minimum absolute atomic E-state index is 0.0352. The van der Waals surface area contributed by atoms with Crippen molar-refractivity contribution in [2.75, 3.05) is 0 Å². The minimum Gasteiger partial charge on any atom is -0.289 e. The first-order chi connectivity index (χ1) is 13.2. The molecule has 3 rings (SSSR count). The first kappa shape index (κ1) is 18.3. The molecule has 3 aromatic rings. The Hall–Kier alpha value is -3.52. The number of aromatic nitrogens is 1. The van der Waals surface area contributed by atoms with Gasteiger partial charge in [-0.1, -0.05) is 61.2 Å². The number of hydrogen-bond acceptors (Lipinski definition) is 1. The Labute approximate surface area is 160 Å². The molecule has 0 radical (unpaired) electrons. The van der Waals surface area contributed by atoms with Crippen LogP contribution in [0.15, 0.2) is 110 Å². The zero-order valence-electron chi connectivity index (χ0n) is 15.4. The summed E-state index contributed by atoms with van der Waals surface area (Å²) in [6.07, 6.45) is 11.9. The van der Waals surface area contributed by atoms with Crippen molar-refractivity contribution in [1.82, 2.24) is 0 Å². The number of ketones is 1. The van der Waals surface area contributed by atoms with E-state index in [1.807, 2.05) is 90.6 Å². The normalized spacial score (nSPS) is 11.5. The van der Waals surface area contributed by atoms with Crippen LogP contribution in [0.25, 0.3) is 11.3 Å². The topological polar surface area (TPSA) is 20.9 Å². The van der Waals surface area contributed by atoms with Gasteiger partial charge in [-0.05, 0) is 30.2 Å². The highest BCUT2D eigenvalue weighted by molar-refractivity contribution is 6.08. The highest BCUT2D eigenvalue weighted by Crippen LogP contribution is 2.15. The van der Waals surface area contributed by atoms with Crippen molar-refractivity contribution in [2.45, 2.75) is 6.92 Å². The van der Waals surface area contributed by atoms with Gasteiger partial charge < -0.3 is 0 Å². The quantitative estimate of drug-likeness (QED) is 0.333. The van der Waals surface area contributed by atoms with E-state index < -0.39 is 0 Å². The van der Waals surface area contributed by atoms with Gasteiger partial charge in [-0.3, -0.25) is 4.79 Å². The molecular formula is C25H22NO+. The van der Waals surface area contributed by atoms with Crippen molar-refractivity contribution in [3.63, 3.8) is 0 Å². The number of carbonyl (C=O) groups excluding carboxylic acids is 1. The molecule has 0 bridgehead atoms. The standard InChI is InChI=1S/C25H22NO/c1-3-8-20(9-4-2)21-16-18-26(19-17-21)24-14-12-23(13-15-24)25(27)22-10-6-5-7-11-22/h3-19H,1H2,2H3/q+1/b9-4-,20-8+. The molecule has 2 aromatic carbocycles. The molecule has 0 N–H and O–H groups in total. The van der Waals surface area contributed by atoms with Gasteiger partial charge in [-0.25, -0.2) is 0 Å². The summed E-state index contributed by atoms with van der Waals surface area (Å²) in [7, 11) is 0. The van der Waals surface area contributed by atoms with E-state index in [2.05, 4.69) is 24.8 Å². The summed E-state index contributed by atoms with van der Waals surface area (Å²) in [4.78, 5) is 12.5. The van der Waals surface area contributed by atoms with E-state index in [0.717, 1.165) is 16.8 Å². The maximum absolute atomic E-state index is 12.5. The van der Waals surface area contributed by atoms with Crippen molar-refractivity contribution in [3.8, 4) is 5.69 Å². The molecule has 1 heterocycles. The summed E-state index contributed by atoms with van der Waals surface area (Å²) in [5.74, 6) is 0.0352. The van der Waals surface area contributed by atoms with Gasteiger partial charge in [0.25, 0.3) is 0 Å². The third kappa shape index (κ3) is 4.36. The fourth-order valence-corrected chi connectivity index (χ4v) is 2.89. The third-order valence-electron chi connectivity index (χ3n) is 4.27. The van der Waals surface area contributed by atoms with Crippen LogP contribution in [0.4, 0.5) is 0 Å². The molecule has 0 aliphatic rings. The number of pyridine rings is 1. The molecule has 1 aromatic heterocycles. The number of rotatable bonds is 6. The molecule has 0 saturated carbocycles. The van der Waals surface area contributed by atoms with Gasteiger partial charge in [-0.15, -0.1) is 0 Å². The van der Waals surface area contributed by atoms with E-state index in [4.69, 9.17) is 0 Å². The Bertz CT molecular complexity index is 979. The lowest BCUT2D eigenvalue weighted by atomic mass is 10.0. The molecule has 2 heteroatoms. The van der Waals surface area contributed by atoms with Crippen LogP contribution in [0, 0.1) is 0 Å². The molecule has 0 unspecified atom stereocenters. The fourth-order valence-electron chi connectivity index (χ4n) is 2.89. The van der Waals surface area contributed by atoms with Crippen LogP contribution in [-0.2, 0) is 0 Å². The molecule has 0 aliphatic heterocycles. The summed E-state index contributed by atoms with van der Waals surface area (Å²) in [6, 6.07) is 21.1. The second-order valence-electron chi connectivity index (χ2n) is 6.09. The predicted octanol–water partition coefficient (Wildman–Crippen LogP) is 5.34. The van der Waals surface area contributed by atoms with E-state index in [9.17, 15) is 4.79 Å². The second-order valence-corrected chi connectivity index (χ2v) is 6.09. The van der Waals surface area contributed by atoms with Crippen LogP contribution in [-0.4, -0.2) is 5.78 Å². The van der Waals surface area contributed by atoms with Gasteiger partial charge in [0.1, 0.15) is 0 Å². The van der Waals surface area contributed by atoms with E-state index in [1.54, 1.807) is 6.08 Å². The van der Waals surface area contributed by atoms with E-state index >= 15 is 0 Å². The number of benzene rings is 2. The van der Waals surface area contributed by atoms with Crippen molar-refractivity contribution in [2.24, 2.45) is 0 Å². The van der Waals surface area contributed by atoms with Gasteiger partial charge in [0.15, 0.2) is 18.2 Å². The second kappa shape index (κ2) is 8.72. The van der Waals surface area contributed by atoms with Crippen LogP contribution in [0.2, 0.25) is 0 Å². The smallest absolute Gasteiger partial charge is 0.210 e. The SMILES string of the molecule is C=C/C=C(\C=C/C)c1cc[n+](-c2ccc(C(=O)c3ccccc3)cc2)cc1. The Morgan fingerprint density at radius 2 is 1.48 bits per heavy atom. The van der Waals surface area contributed by atoms with Crippen LogP contribution in [0.1, 0.15) is 28.4 Å². The summed E-state index contributed by atoms with van der Waals surface area (Å²) in [6.45, 7) is 5.77. The van der Waals surface area contributed by atoms with Crippen LogP contribution < -0.4 is 4.57 Å². The molecule has 0 atom stereocenters. The lowest BCUT2D eigenvalue weighted by Crippen LogP contribution is -2.29. The summed E-state index contributed by atoms with van der Waals surface area (Å²) < 4.78 is 2.03. The Morgan fingerprint density at radius 1 is 0.852 bits per heavy atom. The Kier molecular flexibility index (Phi) is 5.91. The lowest BCUT2D eigenvalue weighted by Gasteiger charge is -2.03. The first-order valence-corrected chi connectivity index (χ1v) is 8.90. The van der Waals surface area contributed by atoms with E-state index in [1.165, 1.54) is 0 Å². The average Bonchev–Trinajstić information content (AvgIpc) is 2.74. The van der Waals surface area contributed by atoms with Gasteiger partial charge in [0, 0.05) is 35.4 Å². The zero-order chi connectivity index (χ0) is 19.1. The maximum atomic E-state index is 12.5. The summed E-state index contributed by atoms with van der Waals surface area (Å²) in [5, 5.41) is 0. The van der Waals surface area contributed by atoms with Crippen molar-refractivity contribution in [1.29, 1.82) is 0 Å². The van der Waals surface area contributed by atoms with Crippen molar-refractivity contribution in [3.05, 3.63) is 127 Å². The molecule has 0 spiro atoms. The largest absolute Gasteiger partial charge is 0.289 e. The molecule has 132 valence electrons. The predicted molar refractivity (Wildman–Crippen MR) is 111 cm³/mol. The number of hydrogen-bond donors (Lipinski definition) is 0. The summed E-state index contributed by atoms with van der Waals surface area (Å²) >= 11 is 0. The molecule has 0 aliphatic carbocycles. The Morgan fingerprint density at radius 3 is 2.07 bits per heavy atom. The number of carbonyl (C=O) groups is 1. The maximum Gasteiger partial charge on any atom is 0.210 e. The first-order valence-electron chi connectivity index (χ1n) is 8.90. The molecule has 0 amide bonds. The van der Waals surface area contributed by atoms with Gasteiger partial charge in [-0.2, -0.15) is 4.57 Å². The van der Waals surface area contributed by atoms with Crippen molar-refractivity contribution < 1.29 is 9.36 Å². The Balaban J connectivity index is 1.82. The number of allylic oxidation sites excluding steroid dienone is 5. The van der Waals surface area contributed by atoms with Crippen LogP contribution in [0.5, 0.6) is 0 Å². The highest BCUT2D eigenvalue weighted by Gasteiger charge is 2.11. The average molecular weight is 352 g/mol. The van der Waals surface area contributed by atoms with Crippen molar-refractivity contribution >= 4 is 11.4 Å². The number of nitrogens with zero attached hydrogens (tertiary/aromatic N) is 1. The lowest BCUT2D eigenvalue weighted by molar-refractivity contribution is -0.595. The third-order valence-corrected chi connectivity index (χ3v) is 4.27. The van der Waals surface area contributed by atoms with E-state index in [-0.39, 0.29) is 5.78 Å². The van der Waals surface area contributed by atoms with Crippen LogP contribution in [0.3, 0.4) is 0 Å². The minimum atomic E-state index is 0.0352. The molecule has 0 saturated heterocycles.